The molecule has 1 aromatic heterocycles. The number of hydrogen-bond donors (Lipinski definition) is 1. The van der Waals surface area contributed by atoms with Gasteiger partial charge in [0.25, 0.3) is 0 Å². The minimum Gasteiger partial charge on any atom is -0.477 e. The fraction of sp³-hybridized carbons (Fsp3) is 0.500. The second-order valence-corrected chi connectivity index (χ2v) is 8.00. The number of amides is 1. The minimum atomic E-state index is -1.33. The van der Waals surface area contributed by atoms with Gasteiger partial charge in [0.05, 0.1) is 24.4 Å². The highest BCUT2D eigenvalue weighted by Gasteiger charge is 2.32. The molecule has 9 nitrogen and oxygen atoms in total. The first-order valence-electron chi connectivity index (χ1n) is 10.7. The van der Waals surface area contributed by atoms with Crippen LogP contribution in [0, 0.1) is 5.82 Å². The summed E-state index contributed by atoms with van der Waals surface area (Å²) in [4.78, 5) is 39.9. The van der Waals surface area contributed by atoms with Crippen molar-refractivity contribution in [3.05, 3.63) is 39.4 Å². The Balaban J connectivity index is 1.83. The van der Waals surface area contributed by atoms with Gasteiger partial charge in [-0.2, -0.15) is 0 Å². The number of methoxy groups -OCH3 is 1. The molecule has 32 heavy (non-hydrogen) atoms. The Morgan fingerprint density at radius 3 is 2.47 bits per heavy atom. The molecule has 1 aliphatic heterocycles. The summed E-state index contributed by atoms with van der Waals surface area (Å²) in [5, 5.41) is 9.51. The van der Waals surface area contributed by atoms with Crippen LogP contribution in [0.4, 0.5) is 14.9 Å². The molecule has 1 aliphatic carbocycles. The molecule has 4 rings (SSSR count). The highest BCUT2D eigenvalue weighted by molar-refractivity contribution is 5.95. The number of carboxylic acid groups (broad SMARTS) is 1. The maximum absolute atomic E-state index is 15.4. The van der Waals surface area contributed by atoms with Gasteiger partial charge >= 0.3 is 12.1 Å². The fourth-order valence-electron chi connectivity index (χ4n) is 4.30. The molecule has 0 bridgehead atoms. The number of halogens is 1. The van der Waals surface area contributed by atoms with E-state index in [1.54, 1.807) is 16.4 Å². The number of aromatic nitrogens is 1. The smallest absolute Gasteiger partial charge is 0.409 e. The summed E-state index contributed by atoms with van der Waals surface area (Å²) in [6, 6.07) is 1.20. The number of pyridine rings is 1. The first-order chi connectivity index (χ1) is 15.4. The average molecular weight is 447 g/mol. The van der Waals surface area contributed by atoms with Gasteiger partial charge in [-0.15, -0.1) is 0 Å². The lowest BCUT2D eigenvalue weighted by atomic mass is 10.0. The lowest BCUT2D eigenvalue weighted by Gasteiger charge is -2.37. The molecule has 0 spiro atoms. The summed E-state index contributed by atoms with van der Waals surface area (Å²) in [5.41, 5.74) is 0.253. The lowest BCUT2D eigenvalue weighted by molar-refractivity contribution is 0.0694. The summed E-state index contributed by atoms with van der Waals surface area (Å²) in [6.07, 6.45) is 2.68. The third-order valence-electron chi connectivity index (χ3n) is 5.92. The van der Waals surface area contributed by atoms with E-state index >= 15 is 4.39 Å². The average Bonchev–Trinajstić information content (AvgIpc) is 3.60. The standard InChI is InChI=1S/C22H26FN3O6/c1-3-32-22(30)25-8-6-24(7-9-25)19-16(12-31-2)18-14(10-17(19)23)20(27)15(21(28)29)11-26(18)13-4-5-13/h10-11,13H,3-9,12H2,1-2H3,(H,28,29). The van der Waals surface area contributed by atoms with Gasteiger partial charge in [-0.1, -0.05) is 0 Å². The van der Waals surface area contributed by atoms with E-state index in [1.165, 1.54) is 13.3 Å². The van der Waals surface area contributed by atoms with E-state index in [0.29, 0.717) is 42.9 Å². The number of nitrogens with zero attached hydrogens (tertiary/aromatic N) is 3. The fourth-order valence-corrected chi connectivity index (χ4v) is 4.30. The largest absolute Gasteiger partial charge is 0.477 e. The molecule has 0 atom stereocenters. The third-order valence-corrected chi connectivity index (χ3v) is 5.92. The van der Waals surface area contributed by atoms with Crippen LogP contribution in [0.1, 0.15) is 41.7 Å². The topological polar surface area (TPSA) is 101 Å². The van der Waals surface area contributed by atoms with Gasteiger partial charge in [-0.25, -0.2) is 14.0 Å². The van der Waals surface area contributed by atoms with Crippen molar-refractivity contribution < 1.29 is 28.6 Å². The molecule has 1 aromatic carbocycles. The van der Waals surface area contributed by atoms with Gasteiger partial charge in [0.2, 0.25) is 5.43 Å². The highest BCUT2D eigenvalue weighted by atomic mass is 19.1. The maximum atomic E-state index is 15.4. The van der Waals surface area contributed by atoms with E-state index in [0.717, 1.165) is 18.9 Å². The number of hydrogen-bond acceptors (Lipinski definition) is 6. The van der Waals surface area contributed by atoms with Crippen LogP contribution in [0.2, 0.25) is 0 Å². The molecule has 0 radical (unpaired) electrons. The van der Waals surface area contributed by atoms with E-state index in [2.05, 4.69) is 0 Å². The van der Waals surface area contributed by atoms with Crippen molar-refractivity contribution in [3.63, 3.8) is 0 Å². The minimum absolute atomic E-state index is 0.0373. The molecular formula is C22H26FN3O6. The molecular weight excluding hydrogens is 421 g/mol. The molecule has 1 saturated carbocycles. The number of fused-ring (bicyclic) bond motifs is 1. The van der Waals surface area contributed by atoms with Crippen molar-refractivity contribution in [1.82, 2.24) is 9.47 Å². The molecule has 0 unspecified atom stereocenters. The maximum Gasteiger partial charge on any atom is 0.409 e. The predicted molar refractivity (Wildman–Crippen MR) is 115 cm³/mol. The first-order valence-corrected chi connectivity index (χ1v) is 10.7. The van der Waals surface area contributed by atoms with Gasteiger partial charge in [0.15, 0.2) is 0 Å². The number of carboxylic acids is 1. The summed E-state index contributed by atoms with van der Waals surface area (Å²) in [7, 11) is 1.49. The number of carbonyl (C=O) groups excluding carboxylic acids is 1. The lowest BCUT2D eigenvalue weighted by Crippen LogP contribution is -2.49. The Hall–Kier alpha value is -3.14. The molecule has 2 fully saturated rings. The van der Waals surface area contributed by atoms with E-state index < -0.39 is 23.3 Å². The molecule has 2 aliphatic rings. The molecule has 1 N–H and O–H groups in total. The molecule has 2 heterocycles. The Morgan fingerprint density at radius 1 is 1.22 bits per heavy atom. The van der Waals surface area contributed by atoms with E-state index in [4.69, 9.17) is 9.47 Å². The summed E-state index contributed by atoms with van der Waals surface area (Å²) in [5.74, 6) is -1.95. The van der Waals surface area contributed by atoms with E-state index in [9.17, 15) is 19.5 Å². The number of piperazine rings is 1. The second-order valence-electron chi connectivity index (χ2n) is 8.00. The van der Waals surface area contributed by atoms with Crippen LogP contribution in [-0.4, -0.2) is 66.5 Å². The van der Waals surface area contributed by atoms with Crippen molar-refractivity contribution in [2.75, 3.05) is 44.8 Å². The van der Waals surface area contributed by atoms with Crippen molar-refractivity contribution in [3.8, 4) is 0 Å². The van der Waals surface area contributed by atoms with Crippen LogP contribution in [0.3, 0.4) is 0 Å². The SMILES string of the molecule is CCOC(=O)N1CCN(c2c(F)cc3c(=O)c(C(=O)O)cn(C4CC4)c3c2COC)CC1. The zero-order valence-electron chi connectivity index (χ0n) is 18.1. The quantitative estimate of drug-likeness (QED) is 0.726. The van der Waals surface area contributed by atoms with Crippen LogP contribution in [0.5, 0.6) is 0 Å². The number of aromatic carboxylic acids is 1. The van der Waals surface area contributed by atoms with Crippen molar-refractivity contribution >= 4 is 28.7 Å². The van der Waals surface area contributed by atoms with Crippen LogP contribution in [0.15, 0.2) is 17.1 Å². The van der Waals surface area contributed by atoms with Crippen molar-refractivity contribution in [2.45, 2.75) is 32.4 Å². The number of anilines is 1. The van der Waals surface area contributed by atoms with Gasteiger partial charge < -0.3 is 28.9 Å². The Labute approximate surface area is 183 Å². The van der Waals surface area contributed by atoms with Gasteiger partial charge in [-0.3, -0.25) is 4.79 Å². The van der Waals surface area contributed by atoms with Gasteiger partial charge in [0.1, 0.15) is 11.4 Å². The molecule has 10 heteroatoms. The number of ether oxygens (including phenoxy) is 2. The highest BCUT2D eigenvalue weighted by Crippen LogP contribution is 2.40. The summed E-state index contributed by atoms with van der Waals surface area (Å²) >= 11 is 0. The van der Waals surface area contributed by atoms with Gasteiger partial charge in [0, 0.05) is 56.5 Å². The van der Waals surface area contributed by atoms with Crippen molar-refractivity contribution in [1.29, 1.82) is 0 Å². The van der Waals surface area contributed by atoms with Crippen LogP contribution in [-0.2, 0) is 16.1 Å². The zero-order chi connectivity index (χ0) is 23.0. The van der Waals surface area contributed by atoms with Crippen LogP contribution >= 0.6 is 0 Å². The summed E-state index contributed by atoms with van der Waals surface area (Å²) in [6.45, 7) is 3.60. The van der Waals surface area contributed by atoms with Crippen LogP contribution in [0.25, 0.3) is 10.9 Å². The van der Waals surface area contributed by atoms with E-state index in [1.807, 2.05) is 4.90 Å². The predicted octanol–water partition coefficient (Wildman–Crippen LogP) is 2.60. The normalized spacial score (nSPS) is 16.5. The Bertz CT molecular complexity index is 1120. The van der Waals surface area contributed by atoms with Crippen LogP contribution < -0.4 is 10.3 Å². The monoisotopic (exact) mass is 447 g/mol. The Morgan fingerprint density at radius 2 is 1.91 bits per heavy atom. The first kappa shape index (κ1) is 22.1. The zero-order valence-corrected chi connectivity index (χ0v) is 18.1. The molecule has 172 valence electrons. The number of carbonyl (C=O) groups is 2. The molecule has 2 aromatic rings. The number of rotatable bonds is 6. The van der Waals surface area contributed by atoms with Gasteiger partial charge in [-0.05, 0) is 25.8 Å². The number of benzene rings is 1. The molecule has 1 saturated heterocycles. The molecule has 1 amide bonds. The second kappa shape index (κ2) is 8.78. The van der Waals surface area contributed by atoms with E-state index in [-0.39, 0.29) is 30.2 Å². The summed E-state index contributed by atoms with van der Waals surface area (Å²) < 4.78 is 27.6. The van der Waals surface area contributed by atoms with Crippen molar-refractivity contribution in [2.24, 2.45) is 0 Å². The Kier molecular flexibility index (Phi) is 6.05. The third kappa shape index (κ3) is 3.90.